The normalized spacial score (nSPS) is 22.3. The fraction of sp³-hybridized carbons (Fsp3) is 0.412. The molecule has 0 radical (unpaired) electrons. The summed E-state index contributed by atoms with van der Waals surface area (Å²) >= 11 is 1.79. The summed E-state index contributed by atoms with van der Waals surface area (Å²) < 4.78 is 5.17. The van der Waals surface area contributed by atoms with Crippen LogP contribution in [0.2, 0.25) is 0 Å². The van der Waals surface area contributed by atoms with Crippen molar-refractivity contribution in [2.75, 3.05) is 6.61 Å². The summed E-state index contributed by atoms with van der Waals surface area (Å²) in [4.78, 5) is 18.1. The third-order valence-corrected chi connectivity index (χ3v) is 5.70. The van der Waals surface area contributed by atoms with Crippen LogP contribution in [0.3, 0.4) is 0 Å². The lowest BCUT2D eigenvalue weighted by Crippen LogP contribution is -2.18. The van der Waals surface area contributed by atoms with Gasteiger partial charge in [0.25, 0.3) is 0 Å². The third kappa shape index (κ3) is 2.01. The maximum absolute atomic E-state index is 12.0. The minimum Gasteiger partial charge on any atom is -0.465 e. The molecule has 108 valence electrons. The van der Waals surface area contributed by atoms with E-state index in [4.69, 9.17) is 9.72 Å². The highest BCUT2D eigenvalue weighted by Crippen LogP contribution is 2.45. The molecule has 0 saturated carbocycles. The van der Waals surface area contributed by atoms with Gasteiger partial charge in [-0.05, 0) is 37.3 Å². The molecular formula is C17H17NO2S. The van der Waals surface area contributed by atoms with Crippen molar-refractivity contribution in [3.8, 4) is 0 Å². The van der Waals surface area contributed by atoms with E-state index in [1.807, 2.05) is 6.92 Å². The first-order chi connectivity index (χ1) is 10.3. The number of hydrogen-bond acceptors (Lipinski definition) is 4. The van der Waals surface area contributed by atoms with Crippen LogP contribution in [0.25, 0.3) is 0 Å². The fourth-order valence-electron chi connectivity index (χ4n) is 3.35. The lowest BCUT2D eigenvalue weighted by Gasteiger charge is -2.28. The summed E-state index contributed by atoms with van der Waals surface area (Å²) in [5.41, 5.74) is 3.82. The van der Waals surface area contributed by atoms with Crippen molar-refractivity contribution in [3.05, 3.63) is 51.0 Å². The third-order valence-electron chi connectivity index (χ3n) is 4.46. The molecule has 0 N–H and O–H groups in total. The number of thiazole rings is 1. The number of fused-ring (bicyclic) bond motifs is 2. The molecule has 1 aromatic carbocycles. The van der Waals surface area contributed by atoms with Gasteiger partial charge in [-0.15, -0.1) is 11.3 Å². The summed E-state index contributed by atoms with van der Waals surface area (Å²) in [5, 5.41) is 1.17. The smallest absolute Gasteiger partial charge is 0.315 e. The van der Waals surface area contributed by atoms with Crippen LogP contribution in [0.1, 0.15) is 51.9 Å². The Labute approximate surface area is 128 Å². The number of benzene rings is 1. The Bertz CT molecular complexity index is 707. The molecule has 0 fully saturated rings. The van der Waals surface area contributed by atoms with Crippen molar-refractivity contribution < 1.29 is 9.53 Å². The summed E-state index contributed by atoms with van der Waals surface area (Å²) in [6.07, 6.45) is 2.89. The summed E-state index contributed by atoms with van der Waals surface area (Å²) in [7, 11) is 0. The van der Waals surface area contributed by atoms with Crippen LogP contribution in [0.5, 0.6) is 0 Å². The average molecular weight is 299 g/mol. The van der Waals surface area contributed by atoms with Crippen molar-refractivity contribution in [2.24, 2.45) is 0 Å². The molecule has 3 nitrogen and oxygen atoms in total. The topological polar surface area (TPSA) is 39.2 Å². The first-order valence-electron chi connectivity index (χ1n) is 7.52. The number of nitrogens with zero attached hydrogens (tertiary/aromatic N) is 1. The standard InChI is InChI=1S/C17H17NO2S/c1-2-20-17(19)12-7-8-14-15(12)18-16(21-14)13-9-10-5-3-4-6-11(10)13/h3-6,12-13H,2,7-9H2,1H3. The highest BCUT2D eigenvalue weighted by atomic mass is 32.1. The van der Waals surface area contributed by atoms with Gasteiger partial charge >= 0.3 is 5.97 Å². The molecule has 0 aliphatic heterocycles. The Morgan fingerprint density at radius 3 is 3.10 bits per heavy atom. The molecule has 1 heterocycles. The maximum atomic E-state index is 12.0. The first kappa shape index (κ1) is 13.0. The van der Waals surface area contributed by atoms with Crippen molar-refractivity contribution in [1.29, 1.82) is 0 Å². The van der Waals surface area contributed by atoms with Gasteiger partial charge in [0.2, 0.25) is 0 Å². The van der Waals surface area contributed by atoms with Crippen LogP contribution in [0, 0.1) is 0 Å². The quantitative estimate of drug-likeness (QED) is 0.815. The molecule has 2 unspecified atom stereocenters. The second kappa shape index (κ2) is 4.95. The van der Waals surface area contributed by atoms with E-state index in [1.165, 1.54) is 21.0 Å². The number of ether oxygens (including phenoxy) is 1. The zero-order valence-electron chi connectivity index (χ0n) is 12.0. The Morgan fingerprint density at radius 2 is 2.29 bits per heavy atom. The average Bonchev–Trinajstić information content (AvgIpc) is 3.00. The zero-order valence-corrected chi connectivity index (χ0v) is 12.8. The number of aromatic nitrogens is 1. The van der Waals surface area contributed by atoms with E-state index in [9.17, 15) is 4.79 Å². The summed E-state index contributed by atoms with van der Waals surface area (Å²) in [5.74, 6) is 0.182. The van der Waals surface area contributed by atoms with E-state index >= 15 is 0 Å². The predicted octanol–water partition coefficient (Wildman–Crippen LogP) is 3.42. The Morgan fingerprint density at radius 1 is 1.43 bits per heavy atom. The molecule has 2 aliphatic carbocycles. The number of carbonyl (C=O) groups excluding carboxylic acids is 1. The minimum absolute atomic E-state index is 0.109. The van der Waals surface area contributed by atoms with Gasteiger partial charge in [-0.1, -0.05) is 24.3 Å². The van der Waals surface area contributed by atoms with E-state index in [-0.39, 0.29) is 11.9 Å². The SMILES string of the molecule is CCOC(=O)C1CCc2sc(C3Cc4ccccc43)nc21. The zero-order chi connectivity index (χ0) is 14.4. The molecule has 2 aromatic rings. The fourth-order valence-corrected chi connectivity index (χ4v) is 4.61. The van der Waals surface area contributed by atoms with Crippen LogP contribution < -0.4 is 0 Å². The molecule has 0 amide bonds. The number of hydrogen-bond donors (Lipinski definition) is 0. The lowest BCUT2D eigenvalue weighted by atomic mass is 9.78. The van der Waals surface area contributed by atoms with E-state index in [0.29, 0.717) is 12.5 Å². The van der Waals surface area contributed by atoms with Gasteiger partial charge in [-0.25, -0.2) is 4.98 Å². The predicted molar refractivity (Wildman–Crippen MR) is 81.8 cm³/mol. The van der Waals surface area contributed by atoms with Gasteiger partial charge < -0.3 is 4.74 Å². The molecule has 2 atom stereocenters. The number of carbonyl (C=O) groups is 1. The number of aryl methyl sites for hydroxylation is 1. The van der Waals surface area contributed by atoms with Crippen LogP contribution in [0.4, 0.5) is 0 Å². The number of esters is 1. The Balaban J connectivity index is 1.61. The van der Waals surface area contributed by atoms with Crippen molar-refractivity contribution in [2.45, 2.75) is 38.0 Å². The van der Waals surface area contributed by atoms with Crippen molar-refractivity contribution >= 4 is 17.3 Å². The van der Waals surface area contributed by atoms with Crippen LogP contribution in [-0.4, -0.2) is 17.6 Å². The van der Waals surface area contributed by atoms with E-state index in [0.717, 1.165) is 25.0 Å². The molecule has 4 rings (SSSR count). The minimum atomic E-state index is -0.139. The lowest BCUT2D eigenvalue weighted by molar-refractivity contribution is -0.145. The van der Waals surface area contributed by atoms with E-state index in [1.54, 1.807) is 11.3 Å². The second-order valence-corrected chi connectivity index (χ2v) is 6.77. The molecule has 4 heteroatoms. The van der Waals surface area contributed by atoms with Gasteiger partial charge in [-0.2, -0.15) is 0 Å². The Hall–Kier alpha value is -1.68. The molecular weight excluding hydrogens is 282 g/mol. The van der Waals surface area contributed by atoms with E-state index < -0.39 is 0 Å². The summed E-state index contributed by atoms with van der Waals surface area (Å²) in [6.45, 7) is 2.29. The molecule has 0 spiro atoms. The molecule has 1 aromatic heterocycles. The van der Waals surface area contributed by atoms with Crippen LogP contribution in [-0.2, 0) is 22.4 Å². The first-order valence-corrected chi connectivity index (χ1v) is 8.33. The Kier molecular flexibility index (Phi) is 3.07. The maximum Gasteiger partial charge on any atom is 0.315 e. The molecule has 0 saturated heterocycles. The second-order valence-electron chi connectivity index (χ2n) is 5.66. The highest BCUT2D eigenvalue weighted by Gasteiger charge is 2.36. The van der Waals surface area contributed by atoms with Crippen LogP contribution in [0.15, 0.2) is 24.3 Å². The highest BCUT2D eigenvalue weighted by molar-refractivity contribution is 7.12. The van der Waals surface area contributed by atoms with Crippen molar-refractivity contribution in [1.82, 2.24) is 4.98 Å². The molecule has 0 bridgehead atoms. The van der Waals surface area contributed by atoms with Gasteiger partial charge in [0.05, 0.1) is 12.3 Å². The molecule has 21 heavy (non-hydrogen) atoms. The molecule has 2 aliphatic rings. The van der Waals surface area contributed by atoms with E-state index in [2.05, 4.69) is 24.3 Å². The monoisotopic (exact) mass is 299 g/mol. The van der Waals surface area contributed by atoms with Crippen molar-refractivity contribution in [3.63, 3.8) is 0 Å². The van der Waals surface area contributed by atoms with Gasteiger partial charge in [0, 0.05) is 10.8 Å². The van der Waals surface area contributed by atoms with Gasteiger partial charge in [0.1, 0.15) is 10.9 Å². The summed E-state index contributed by atoms with van der Waals surface area (Å²) in [6, 6.07) is 8.56. The number of rotatable bonds is 3. The van der Waals surface area contributed by atoms with Crippen LogP contribution >= 0.6 is 11.3 Å². The van der Waals surface area contributed by atoms with Gasteiger partial charge in [-0.3, -0.25) is 4.79 Å². The largest absolute Gasteiger partial charge is 0.465 e. The van der Waals surface area contributed by atoms with Gasteiger partial charge in [0.15, 0.2) is 0 Å².